The van der Waals surface area contributed by atoms with Crippen LogP contribution in [0.5, 0.6) is 0 Å². The fraction of sp³-hybridized carbons (Fsp3) is 0.412. The molecular weight excluding hydrogens is 282 g/mol. The van der Waals surface area contributed by atoms with Gasteiger partial charge in [0.1, 0.15) is 18.1 Å². The van der Waals surface area contributed by atoms with Gasteiger partial charge < -0.3 is 9.52 Å². The highest BCUT2D eigenvalue weighted by atomic mass is 32.2. The van der Waals surface area contributed by atoms with E-state index in [1.54, 1.807) is 0 Å². The van der Waals surface area contributed by atoms with Crippen LogP contribution in [0.2, 0.25) is 0 Å². The van der Waals surface area contributed by atoms with E-state index in [1.807, 2.05) is 23.9 Å². The lowest BCUT2D eigenvalue weighted by atomic mass is 10.2. The molecule has 1 aromatic carbocycles. The van der Waals surface area contributed by atoms with Crippen molar-refractivity contribution < 1.29 is 9.52 Å². The van der Waals surface area contributed by atoms with E-state index in [4.69, 9.17) is 9.52 Å². The third kappa shape index (κ3) is 4.13. The van der Waals surface area contributed by atoms with E-state index >= 15 is 0 Å². The van der Waals surface area contributed by atoms with E-state index < -0.39 is 0 Å². The number of hydrogen-bond acceptors (Lipinski definition) is 4. The summed E-state index contributed by atoms with van der Waals surface area (Å²) >= 11 is 1.95. The maximum Gasteiger partial charge on any atom is 0.129 e. The van der Waals surface area contributed by atoms with Crippen molar-refractivity contribution in [2.75, 3.05) is 18.8 Å². The van der Waals surface area contributed by atoms with Gasteiger partial charge in [0.2, 0.25) is 0 Å². The Balaban J connectivity index is 1.44. The lowest BCUT2D eigenvalue weighted by molar-refractivity contribution is 0.231. The van der Waals surface area contributed by atoms with E-state index in [9.17, 15) is 0 Å². The van der Waals surface area contributed by atoms with Crippen molar-refractivity contribution in [3.8, 4) is 0 Å². The molecule has 0 spiro atoms. The summed E-state index contributed by atoms with van der Waals surface area (Å²) in [6, 6.07) is 14.4. The molecular formula is C17H21NO2S. The maximum absolute atomic E-state index is 9.02. The molecule has 2 heterocycles. The van der Waals surface area contributed by atoms with E-state index in [-0.39, 0.29) is 6.61 Å². The highest BCUT2D eigenvalue weighted by Crippen LogP contribution is 2.26. The molecule has 1 aromatic heterocycles. The van der Waals surface area contributed by atoms with Crippen molar-refractivity contribution >= 4 is 11.8 Å². The van der Waals surface area contributed by atoms with Gasteiger partial charge in [0, 0.05) is 17.2 Å². The number of rotatable bonds is 6. The Morgan fingerprint density at radius 2 is 1.95 bits per heavy atom. The summed E-state index contributed by atoms with van der Waals surface area (Å²) in [5.41, 5.74) is 0. The van der Waals surface area contributed by atoms with Crippen LogP contribution in [0, 0.1) is 5.92 Å². The number of aliphatic hydroxyl groups is 1. The molecule has 21 heavy (non-hydrogen) atoms. The van der Waals surface area contributed by atoms with Crippen LogP contribution in [0.4, 0.5) is 0 Å². The third-order valence-electron chi connectivity index (χ3n) is 3.85. The Bertz CT molecular complexity index is 555. The van der Waals surface area contributed by atoms with Gasteiger partial charge in [-0.15, -0.1) is 11.8 Å². The molecule has 0 unspecified atom stereocenters. The van der Waals surface area contributed by atoms with E-state index in [0.29, 0.717) is 5.76 Å². The summed E-state index contributed by atoms with van der Waals surface area (Å²) in [6.07, 6.45) is 1.26. The van der Waals surface area contributed by atoms with Gasteiger partial charge in [0.05, 0.1) is 6.54 Å². The van der Waals surface area contributed by atoms with Gasteiger partial charge in [0.15, 0.2) is 0 Å². The lowest BCUT2D eigenvalue weighted by Gasteiger charge is -2.14. The normalized spacial score (nSPS) is 19.2. The average molecular weight is 303 g/mol. The minimum Gasteiger partial charge on any atom is -0.462 e. The molecule has 0 saturated carbocycles. The van der Waals surface area contributed by atoms with Crippen molar-refractivity contribution in [1.29, 1.82) is 0 Å². The smallest absolute Gasteiger partial charge is 0.129 e. The Morgan fingerprint density at radius 1 is 1.14 bits per heavy atom. The second-order valence-corrected chi connectivity index (χ2v) is 6.63. The fourth-order valence-corrected chi connectivity index (χ4v) is 3.79. The minimum absolute atomic E-state index is 0.0175. The number of benzene rings is 1. The zero-order valence-electron chi connectivity index (χ0n) is 12.1. The summed E-state index contributed by atoms with van der Waals surface area (Å²) in [6.45, 7) is 3.10. The Kier molecular flexibility index (Phi) is 5.01. The molecule has 1 aliphatic rings. The predicted octanol–water partition coefficient (Wildman–Crippen LogP) is 3.39. The molecule has 1 saturated heterocycles. The van der Waals surface area contributed by atoms with Crippen LogP contribution >= 0.6 is 11.8 Å². The zero-order chi connectivity index (χ0) is 14.5. The molecule has 3 rings (SSSR count). The summed E-state index contributed by atoms with van der Waals surface area (Å²) < 4.78 is 5.56. The molecule has 2 aromatic rings. The highest BCUT2D eigenvalue weighted by Gasteiger charge is 2.23. The number of hydrogen-bond donors (Lipinski definition) is 1. The zero-order valence-corrected chi connectivity index (χ0v) is 12.9. The standard InChI is InChI=1S/C17H21NO2S/c19-12-16-7-6-15(20-16)11-18-9-8-14(10-18)13-21-17-4-2-1-3-5-17/h1-7,14,19H,8-13H2/t14-/m1/s1. The van der Waals surface area contributed by atoms with Crippen LogP contribution in [0.3, 0.4) is 0 Å². The second kappa shape index (κ2) is 7.16. The number of nitrogens with zero attached hydrogens (tertiary/aromatic N) is 1. The summed E-state index contributed by atoms with van der Waals surface area (Å²) in [7, 11) is 0. The SMILES string of the molecule is OCc1ccc(CN2CC[C@@H](CSc3ccccc3)C2)o1. The number of furan rings is 1. The molecule has 1 fully saturated rings. The molecule has 4 heteroatoms. The number of aliphatic hydroxyl groups excluding tert-OH is 1. The van der Waals surface area contributed by atoms with Crippen LogP contribution in [0.15, 0.2) is 51.8 Å². The molecule has 112 valence electrons. The monoisotopic (exact) mass is 303 g/mol. The quantitative estimate of drug-likeness (QED) is 0.830. The summed E-state index contributed by atoms with van der Waals surface area (Å²) in [4.78, 5) is 3.80. The number of thioether (sulfide) groups is 1. The summed E-state index contributed by atoms with van der Waals surface area (Å²) in [5, 5.41) is 9.02. The first kappa shape index (κ1) is 14.7. The minimum atomic E-state index is -0.0175. The van der Waals surface area contributed by atoms with Crippen molar-refractivity contribution in [2.45, 2.75) is 24.5 Å². The molecule has 0 radical (unpaired) electrons. The van der Waals surface area contributed by atoms with Crippen molar-refractivity contribution in [1.82, 2.24) is 4.90 Å². The fourth-order valence-electron chi connectivity index (χ4n) is 2.74. The van der Waals surface area contributed by atoms with Gasteiger partial charge in [-0.05, 0) is 43.1 Å². The second-order valence-electron chi connectivity index (χ2n) is 5.54. The van der Waals surface area contributed by atoms with E-state index in [1.165, 1.54) is 17.1 Å². The van der Waals surface area contributed by atoms with Crippen LogP contribution in [0.1, 0.15) is 17.9 Å². The molecule has 3 nitrogen and oxygen atoms in total. The molecule has 1 aliphatic heterocycles. The van der Waals surface area contributed by atoms with Crippen LogP contribution in [-0.4, -0.2) is 28.8 Å². The topological polar surface area (TPSA) is 36.6 Å². The average Bonchev–Trinajstić information content (AvgIpc) is 3.16. The Hall–Kier alpha value is -1.23. The van der Waals surface area contributed by atoms with Crippen LogP contribution in [0.25, 0.3) is 0 Å². The highest BCUT2D eigenvalue weighted by molar-refractivity contribution is 7.99. The van der Waals surface area contributed by atoms with Gasteiger partial charge in [-0.2, -0.15) is 0 Å². The van der Waals surface area contributed by atoms with Crippen molar-refractivity contribution in [2.24, 2.45) is 5.92 Å². The number of likely N-dealkylation sites (tertiary alicyclic amines) is 1. The Labute approximate surface area is 130 Å². The van der Waals surface area contributed by atoms with Crippen molar-refractivity contribution in [3.05, 3.63) is 54.0 Å². The van der Waals surface area contributed by atoms with Gasteiger partial charge in [0.25, 0.3) is 0 Å². The first-order chi connectivity index (χ1) is 10.3. The van der Waals surface area contributed by atoms with Crippen LogP contribution in [-0.2, 0) is 13.2 Å². The molecule has 0 aliphatic carbocycles. The lowest BCUT2D eigenvalue weighted by Crippen LogP contribution is -2.20. The van der Waals surface area contributed by atoms with E-state index in [0.717, 1.165) is 31.3 Å². The van der Waals surface area contributed by atoms with Crippen LogP contribution < -0.4 is 0 Å². The molecule has 1 N–H and O–H groups in total. The molecule has 1 atom stereocenters. The predicted molar refractivity (Wildman–Crippen MR) is 85.2 cm³/mol. The first-order valence-electron chi connectivity index (χ1n) is 7.42. The third-order valence-corrected chi connectivity index (χ3v) is 5.10. The van der Waals surface area contributed by atoms with Gasteiger partial charge >= 0.3 is 0 Å². The summed E-state index contributed by atoms with van der Waals surface area (Å²) in [5.74, 6) is 3.54. The van der Waals surface area contributed by atoms with Gasteiger partial charge in [-0.25, -0.2) is 0 Å². The Morgan fingerprint density at radius 3 is 2.71 bits per heavy atom. The molecule has 0 amide bonds. The maximum atomic E-state index is 9.02. The first-order valence-corrected chi connectivity index (χ1v) is 8.40. The largest absolute Gasteiger partial charge is 0.462 e. The van der Waals surface area contributed by atoms with Gasteiger partial charge in [-0.3, -0.25) is 4.90 Å². The van der Waals surface area contributed by atoms with E-state index in [2.05, 4.69) is 35.2 Å². The van der Waals surface area contributed by atoms with Gasteiger partial charge in [-0.1, -0.05) is 18.2 Å². The molecule has 0 bridgehead atoms. The van der Waals surface area contributed by atoms with Crippen molar-refractivity contribution in [3.63, 3.8) is 0 Å².